The van der Waals surface area contributed by atoms with Gasteiger partial charge in [0.25, 0.3) is 5.56 Å². The van der Waals surface area contributed by atoms with E-state index in [1.807, 2.05) is 24.3 Å². The number of halogens is 1. The van der Waals surface area contributed by atoms with Crippen LogP contribution in [0.4, 0.5) is 4.39 Å². The van der Waals surface area contributed by atoms with E-state index in [2.05, 4.69) is 9.71 Å². The van der Waals surface area contributed by atoms with Crippen LogP contribution in [-0.2, 0) is 22.9 Å². The molecule has 0 aliphatic rings. The van der Waals surface area contributed by atoms with Gasteiger partial charge in [0.05, 0.1) is 5.75 Å². The number of aryl methyl sites for hydroxylation is 1. The molecule has 26 heavy (non-hydrogen) atoms. The van der Waals surface area contributed by atoms with E-state index in [9.17, 15) is 17.6 Å². The molecular formula is C19H19FN2O3S. The molecule has 0 saturated carbocycles. The number of pyridine rings is 1. The second kappa shape index (κ2) is 7.80. The SMILES string of the molecule is O=c1[nH]c2ccccc2cc1CCNS(=O)(=O)CCc1ccccc1F. The maximum Gasteiger partial charge on any atom is 0.251 e. The van der Waals surface area contributed by atoms with Crippen LogP contribution in [0.1, 0.15) is 11.1 Å². The molecule has 0 spiro atoms. The molecule has 0 saturated heterocycles. The second-order valence-corrected chi connectivity index (χ2v) is 7.94. The highest BCUT2D eigenvalue weighted by atomic mass is 32.2. The largest absolute Gasteiger partial charge is 0.322 e. The van der Waals surface area contributed by atoms with E-state index in [0.29, 0.717) is 11.1 Å². The molecule has 0 fully saturated rings. The van der Waals surface area contributed by atoms with Gasteiger partial charge in [0.2, 0.25) is 10.0 Å². The highest BCUT2D eigenvalue weighted by molar-refractivity contribution is 7.89. The molecule has 0 unspecified atom stereocenters. The Bertz CT molecular complexity index is 1080. The van der Waals surface area contributed by atoms with Gasteiger partial charge in [0.15, 0.2) is 0 Å². The summed E-state index contributed by atoms with van der Waals surface area (Å²) in [7, 11) is -3.55. The minimum atomic E-state index is -3.55. The molecule has 136 valence electrons. The van der Waals surface area contributed by atoms with Gasteiger partial charge in [-0.1, -0.05) is 36.4 Å². The van der Waals surface area contributed by atoms with Crippen molar-refractivity contribution in [2.24, 2.45) is 0 Å². The Morgan fingerprint density at radius 1 is 0.962 bits per heavy atom. The minimum Gasteiger partial charge on any atom is -0.322 e. The van der Waals surface area contributed by atoms with Crippen LogP contribution < -0.4 is 10.3 Å². The second-order valence-electron chi connectivity index (χ2n) is 6.02. The van der Waals surface area contributed by atoms with Gasteiger partial charge in [-0.25, -0.2) is 17.5 Å². The maximum atomic E-state index is 13.6. The zero-order valence-electron chi connectivity index (χ0n) is 14.0. The first-order chi connectivity index (χ1) is 12.4. The molecule has 3 aromatic rings. The third-order valence-corrected chi connectivity index (χ3v) is 5.53. The molecule has 0 amide bonds. The van der Waals surface area contributed by atoms with Crippen molar-refractivity contribution in [3.05, 3.63) is 81.9 Å². The number of nitrogens with one attached hydrogen (secondary N) is 2. The molecule has 7 heteroatoms. The highest BCUT2D eigenvalue weighted by Crippen LogP contribution is 2.10. The Balaban J connectivity index is 1.59. The van der Waals surface area contributed by atoms with Crippen LogP contribution in [0.25, 0.3) is 10.9 Å². The van der Waals surface area contributed by atoms with Crippen molar-refractivity contribution in [3.63, 3.8) is 0 Å². The van der Waals surface area contributed by atoms with Crippen LogP contribution in [0.15, 0.2) is 59.4 Å². The standard InChI is InChI=1S/C19H19FN2O3S/c20-17-7-3-1-5-14(17)10-12-26(24,25)21-11-9-16-13-15-6-2-4-8-18(15)22-19(16)23/h1-8,13,21H,9-12H2,(H,22,23). The molecule has 0 bridgehead atoms. The Morgan fingerprint density at radius 3 is 2.50 bits per heavy atom. The summed E-state index contributed by atoms with van der Waals surface area (Å²) in [6.07, 6.45) is 0.373. The van der Waals surface area contributed by atoms with Crippen LogP contribution in [-0.4, -0.2) is 25.7 Å². The van der Waals surface area contributed by atoms with E-state index >= 15 is 0 Å². The molecule has 0 atom stereocenters. The maximum absolute atomic E-state index is 13.6. The number of sulfonamides is 1. The molecular weight excluding hydrogens is 355 g/mol. The van der Waals surface area contributed by atoms with Crippen LogP contribution >= 0.6 is 0 Å². The van der Waals surface area contributed by atoms with Crippen molar-refractivity contribution in [1.82, 2.24) is 9.71 Å². The molecule has 2 N–H and O–H groups in total. The number of hydrogen-bond acceptors (Lipinski definition) is 3. The summed E-state index contributed by atoms with van der Waals surface area (Å²) in [5, 5.41) is 0.893. The number of aromatic nitrogens is 1. The van der Waals surface area contributed by atoms with Crippen molar-refractivity contribution in [2.75, 3.05) is 12.3 Å². The Hall–Kier alpha value is -2.51. The number of rotatable bonds is 7. The number of benzene rings is 2. The lowest BCUT2D eigenvalue weighted by Crippen LogP contribution is -2.30. The van der Waals surface area contributed by atoms with Crippen molar-refractivity contribution in [2.45, 2.75) is 12.8 Å². The average molecular weight is 374 g/mol. The monoisotopic (exact) mass is 374 g/mol. The normalized spacial score (nSPS) is 11.7. The zero-order valence-corrected chi connectivity index (χ0v) is 14.9. The Labute approximate surface area is 150 Å². The first kappa shape index (κ1) is 18.3. The number of fused-ring (bicyclic) bond motifs is 1. The summed E-state index contributed by atoms with van der Waals surface area (Å²) in [6.45, 7) is 0.112. The lowest BCUT2D eigenvalue weighted by molar-refractivity contribution is 0.578. The van der Waals surface area contributed by atoms with Crippen molar-refractivity contribution in [1.29, 1.82) is 0 Å². The molecule has 0 aliphatic heterocycles. The first-order valence-electron chi connectivity index (χ1n) is 8.26. The summed E-state index contributed by atoms with van der Waals surface area (Å²) >= 11 is 0. The van der Waals surface area contributed by atoms with E-state index in [0.717, 1.165) is 10.9 Å². The smallest absolute Gasteiger partial charge is 0.251 e. The Morgan fingerprint density at radius 2 is 1.69 bits per heavy atom. The van der Waals surface area contributed by atoms with Gasteiger partial charge in [-0.15, -0.1) is 0 Å². The predicted molar refractivity (Wildman–Crippen MR) is 100 cm³/mol. The first-order valence-corrected chi connectivity index (χ1v) is 9.91. The molecule has 1 heterocycles. The topological polar surface area (TPSA) is 79.0 Å². The summed E-state index contributed by atoms with van der Waals surface area (Å²) < 4.78 is 40.2. The van der Waals surface area contributed by atoms with Crippen LogP contribution in [0.5, 0.6) is 0 Å². The van der Waals surface area contributed by atoms with Crippen LogP contribution in [0.3, 0.4) is 0 Å². The number of para-hydroxylation sites is 1. The lowest BCUT2D eigenvalue weighted by Gasteiger charge is -2.08. The number of hydrogen-bond donors (Lipinski definition) is 2. The third kappa shape index (κ3) is 4.56. The van der Waals surface area contributed by atoms with E-state index in [1.54, 1.807) is 24.3 Å². The molecule has 5 nitrogen and oxygen atoms in total. The van der Waals surface area contributed by atoms with Gasteiger partial charge in [0.1, 0.15) is 5.82 Å². The molecule has 3 rings (SSSR count). The van der Waals surface area contributed by atoms with E-state index in [1.165, 1.54) is 6.07 Å². The fourth-order valence-electron chi connectivity index (χ4n) is 2.74. The minimum absolute atomic E-state index is 0.0958. The highest BCUT2D eigenvalue weighted by Gasteiger charge is 2.12. The lowest BCUT2D eigenvalue weighted by atomic mass is 10.1. The molecule has 2 aromatic carbocycles. The summed E-state index contributed by atoms with van der Waals surface area (Å²) in [4.78, 5) is 14.8. The van der Waals surface area contributed by atoms with Crippen LogP contribution in [0, 0.1) is 5.82 Å². The van der Waals surface area contributed by atoms with Gasteiger partial charge in [0, 0.05) is 17.6 Å². The summed E-state index contributed by atoms with van der Waals surface area (Å²) in [5.74, 6) is -0.618. The zero-order chi connectivity index (χ0) is 18.6. The quantitative estimate of drug-likeness (QED) is 0.666. The van der Waals surface area contributed by atoms with Crippen molar-refractivity contribution < 1.29 is 12.8 Å². The third-order valence-electron chi connectivity index (χ3n) is 4.14. The molecule has 0 radical (unpaired) electrons. The van der Waals surface area contributed by atoms with Crippen LogP contribution in [0.2, 0.25) is 0 Å². The Kier molecular flexibility index (Phi) is 5.49. The fourth-order valence-corrected chi connectivity index (χ4v) is 3.78. The van der Waals surface area contributed by atoms with Gasteiger partial charge in [-0.05, 0) is 42.0 Å². The number of aromatic amines is 1. The van der Waals surface area contributed by atoms with E-state index < -0.39 is 15.8 Å². The average Bonchev–Trinajstić information content (AvgIpc) is 2.61. The van der Waals surface area contributed by atoms with Gasteiger partial charge < -0.3 is 4.98 Å². The summed E-state index contributed by atoms with van der Waals surface area (Å²) in [5.41, 5.74) is 1.39. The van der Waals surface area contributed by atoms with Crippen molar-refractivity contribution >= 4 is 20.9 Å². The van der Waals surface area contributed by atoms with Gasteiger partial charge in [-0.3, -0.25) is 4.79 Å². The van der Waals surface area contributed by atoms with E-state index in [-0.39, 0.29) is 30.7 Å². The number of H-pyrrole nitrogens is 1. The summed E-state index contributed by atoms with van der Waals surface area (Å²) in [6, 6.07) is 15.3. The van der Waals surface area contributed by atoms with Gasteiger partial charge in [-0.2, -0.15) is 0 Å². The molecule has 0 aliphatic carbocycles. The predicted octanol–water partition coefficient (Wildman–Crippen LogP) is 2.37. The fraction of sp³-hybridized carbons (Fsp3) is 0.211. The molecule has 1 aromatic heterocycles. The van der Waals surface area contributed by atoms with Gasteiger partial charge >= 0.3 is 0 Å². The van der Waals surface area contributed by atoms with E-state index in [4.69, 9.17) is 0 Å². The van der Waals surface area contributed by atoms with Crippen molar-refractivity contribution in [3.8, 4) is 0 Å².